The topological polar surface area (TPSA) is 63.6 Å². The van der Waals surface area contributed by atoms with Crippen LogP contribution in [0.25, 0.3) is 0 Å². The van der Waals surface area contributed by atoms with Crippen molar-refractivity contribution < 1.29 is 22.1 Å². The van der Waals surface area contributed by atoms with Gasteiger partial charge in [0.2, 0.25) is 0 Å². The average molecular weight is 285 g/mol. The molecule has 0 heterocycles. The van der Waals surface area contributed by atoms with Crippen molar-refractivity contribution in [3.63, 3.8) is 0 Å². The number of methoxy groups -OCH3 is 1. The summed E-state index contributed by atoms with van der Waals surface area (Å²) in [6.45, 7) is 0. The maximum atomic E-state index is 12.6. The highest BCUT2D eigenvalue weighted by molar-refractivity contribution is 9.10. The normalized spacial score (nSPS) is 11.4. The molecule has 0 bridgehead atoms. The second-order valence-electron chi connectivity index (χ2n) is 2.39. The molecule has 0 aliphatic heterocycles. The molecule has 0 saturated heterocycles. The van der Waals surface area contributed by atoms with Gasteiger partial charge >= 0.3 is 10.2 Å². The van der Waals surface area contributed by atoms with Crippen molar-refractivity contribution in [1.82, 2.24) is 0 Å². The van der Waals surface area contributed by atoms with Crippen LogP contribution in [-0.2, 0) is 10.2 Å². The molecule has 0 atom stereocenters. The van der Waals surface area contributed by atoms with Crippen LogP contribution in [0.3, 0.4) is 0 Å². The molecular weight excluding hydrogens is 279 g/mol. The minimum absolute atomic E-state index is 0.0571. The van der Waals surface area contributed by atoms with Crippen molar-refractivity contribution in [2.45, 2.75) is 4.90 Å². The molecular formula is C7H6BrFO4S. The fraction of sp³-hybridized carbons (Fsp3) is 0.143. The zero-order valence-corrected chi connectivity index (χ0v) is 9.39. The van der Waals surface area contributed by atoms with Gasteiger partial charge in [-0.05, 0) is 22.0 Å². The van der Waals surface area contributed by atoms with Crippen LogP contribution in [0.4, 0.5) is 3.89 Å². The van der Waals surface area contributed by atoms with E-state index in [9.17, 15) is 17.4 Å². The Balaban J connectivity index is 3.47. The third-order valence-electron chi connectivity index (χ3n) is 1.50. The van der Waals surface area contributed by atoms with Crippen LogP contribution in [0, 0.1) is 0 Å². The maximum Gasteiger partial charge on any atom is 0.333 e. The number of halogens is 2. The van der Waals surface area contributed by atoms with Gasteiger partial charge in [0.25, 0.3) is 0 Å². The summed E-state index contributed by atoms with van der Waals surface area (Å²) in [6.07, 6.45) is 0. The van der Waals surface area contributed by atoms with Crippen LogP contribution in [0.15, 0.2) is 21.5 Å². The number of benzene rings is 1. The molecule has 1 rings (SSSR count). The molecule has 1 N–H and O–H groups in total. The molecule has 0 aromatic heterocycles. The first-order valence-electron chi connectivity index (χ1n) is 3.37. The van der Waals surface area contributed by atoms with Gasteiger partial charge in [0, 0.05) is 10.5 Å². The first-order chi connectivity index (χ1) is 6.36. The van der Waals surface area contributed by atoms with E-state index < -0.39 is 15.1 Å². The quantitative estimate of drug-likeness (QED) is 0.842. The van der Waals surface area contributed by atoms with Crippen molar-refractivity contribution in [3.8, 4) is 11.5 Å². The Hall–Kier alpha value is -0.820. The molecule has 7 heteroatoms. The summed E-state index contributed by atoms with van der Waals surface area (Å²) in [5.41, 5.74) is 0. The van der Waals surface area contributed by atoms with Crippen LogP contribution in [-0.4, -0.2) is 20.6 Å². The van der Waals surface area contributed by atoms with Gasteiger partial charge in [-0.2, -0.15) is 8.42 Å². The summed E-state index contributed by atoms with van der Waals surface area (Å²) in [6, 6.07) is 1.94. The summed E-state index contributed by atoms with van der Waals surface area (Å²) >= 11 is 2.81. The SMILES string of the molecule is COc1cc(S(=O)(=O)F)c(Br)cc1O. The first-order valence-corrected chi connectivity index (χ1v) is 5.55. The van der Waals surface area contributed by atoms with Crippen molar-refractivity contribution in [2.24, 2.45) is 0 Å². The van der Waals surface area contributed by atoms with Crippen LogP contribution in [0.1, 0.15) is 0 Å². The number of hydrogen-bond acceptors (Lipinski definition) is 4. The molecule has 0 aliphatic carbocycles. The molecule has 0 fully saturated rings. The molecule has 14 heavy (non-hydrogen) atoms. The van der Waals surface area contributed by atoms with Gasteiger partial charge in [-0.15, -0.1) is 3.89 Å². The fourth-order valence-electron chi connectivity index (χ4n) is 0.875. The number of phenols is 1. The number of rotatable bonds is 2. The lowest BCUT2D eigenvalue weighted by atomic mass is 10.3. The lowest BCUT2D eigenvalue weighted by Crippen LogP contribution is -1.95. The maximum absolute atomic E-state index is 12.6. The number of hydrogen-bond donors (Lipinski definition) is 1. The smallest absolute Gasteiger partial charge is 0.333 e. The highest BCUT2D eigenvalue weighted by Crippen LogP contribution is 2.35. The van der Waals surface area contributed by atoms with Crippen molar-refractivity contribution in [2.75, 3.05) is 7.11 Å². The van der Waals surface area contributed by atoms with E-state index in [1.54, 1.807) is 0 Å². The van der Waals surface area contributed by atoms with E-state index in [-0.39, 0.29) is 16.0 Å². The molecule has 0 radical (unpaired) electrons. The molecule has 78 valence electrons. The van der Waals surface area contributed by atoms with Gasteiger partial charge < -0.3 is 9.84 Å². The molecule has 0 aliphatic rings. The molecule has 0 amide bonds. The van der Waals surface area contributed by atoms with Crippen LogP contribution >= 0.6 is 15.9 Å². The lowest BCUT2D eigenvalue weighted by Gasteiger charge is -2.05. The monoisotopic (exact) mass is 284 g/mol. The Morgan fingerprint density at radius 2 is 2.07 bits per heavy atom. The van der Waals surface area contributed by atoms with Gasteiger partial charge in [0.1, 0.15) is 4.90 Å². The summed E-state index contributed by atoms with van der Waals surface area (Å²) in [5, 5.41) is 9.21. The van der Waals surface area contributed by atoms with E-state index in [2.05, 4.69) is 20.7 Å². The largest absolute Gasteiger partial charge is 0.504 e. The lowest BCUT2D eigenvalue weighted by molar-refractivity contribution is 0.371. The van der Waals surface area contributed by atoms with E-state index in [4.69, 9.17) is 0 Å². The Morgan fingerprint density at radius 1 is 1.50 bits per heavy atom. The zero-order chi connectivity index (χ0) is 10.9. The molecule has 4 nitrogen and oxygen atoms in total. The van der Waals surface area contributed by atoms with Gasteiger partial charge in [0.05, 0.1) is 7.11 Å². The number of phenolic OH excluding ortho intramolecular Hbond substituents is 1. The standard InChI is InChI=1S/C7H6BrFO4S/c1-13-6-3-7(14(9,11)12)4(8)2-5(6)10/h2-3,10H,1H3. The third-order valence-corrected chi connectivity index (χ3v) is 3.28. The van der Waals surface area contributed by atoms with Crippen LogP contribution in [0.5, 0.6) is 11.5 Å². The minimum Gasteiger partial charge on any atom is -0.504 e. The predicted octanol–water partition coefficient (Wildman–Crippen LogP) is 1.82. The first kappa shape index (κ1) is 11.3. The minimum atomic E-state index is -4.82. The molecule has 0 spiro atoms. The molecule has 0 unspecified atom stereocenters. The predicted molar refractivity (Wildman–Crippen MR) is 50.7 cm³/mol. The second kappa shape index (κ2) is 3.74. The van der Waals surface area contributed by atoms with E-state index in [0.29, 0.717) is 0 Å². The van der Waals surface area contributed by atoms with Crippen LogP contribution in [0.2, 0.25) is 0 Å². The fourth-order valence-corrected chi connectivity index (χ4v) is 2.33. The third kappa shape index (κ3) is 2.16. The van der Waals surface area contributed by atoms with Crippen molar-refractivity contribution in [3.05, 3.63) is 16.6 Å². The summed E-state index contributed by atoms with van der Waals surface area (Å²) in [4.78, 5) is -0.577. The Morgan fingerprint density at radius 3 is 2.50 bits per heavy atom. The van der Waals surface area contributed by atoms with E-state index >= 15 is 0 Å². The number of aromatic hydroxyl groups is 1. The molecule has 1 aromatic carbocycles. The van der Waals surface area contributed by atoms with E-state index in [0.717, 1.165) is 12.1 Å². The van der Waals surface area contributed by atoms with Crippen LogP contribution < -0.4 is 4.74 Å². The van der Waals surface area contributed by atoms with Gasteiger partial charge in [0.15, 0.2) is 11.5 Å². The summed E-state index contributed by atoms with van der Waals surface area (Å²) < 4.78 is 38.4. The second-order valence-corrected chi connectivity index (χ2v) is 4.56. The zero-order valence-electron chi connectivity index (χ0n) is 6.99. The highest BCUT2D eigenvalue weighted by Gasteiger charge is 2.19. The van der Waals surface area contributed by atoms with Gasteiger partial charge in [-0.3, -0.25) is 0 Å². The highest BCUT2D eigenvalue weighted by atomic mass is 79.9. The molecule has 0 saturated carbocycles. The summed E-state index contributed by atoms with van der Waals surface area (Å²) in [5.74, 6) is -0.379. The van der Waals surface area contributed by atoms with Crippen molar-refractivity contribution in [1.29, 1.82) is 0 Å². The van der Waals surface area contributed by atoms with Gasteiger partial charge in [-0.1, -0.05) is 0 Å². The Labute approximate surface area is 88.7 Å². The summed E-state index contributed by atoms with van der Waals surface area (Å²) in [7, 11) is -3.59. The Kier molecular flexibility index (Phi) is 3.01. The number of ether oxygens (including phenoxy) is 1. The van der Waals surface area contributed by atoms with Gasteiger partial charge in [-0.25, -0.2) is 0 Å². The Bertz CT molecular complexity index is 457. The van der Waals surface area contributed by atoms with Crippen molar-refractivity contribution >= 4 is 26.2 Å². The van der Waals surface area contributed by atoms with E-state index in [1.807, 2.05) is 0 Å². The average Bonchev–Trinajstić information content (AvgIpc) is 2.02. The molecule has 1 aromatic rings. The van der Waals surface area contributed by atoms with E-state index in [1.165, 1.54) is 7.11 Å².